The lowest BCUT2D eigenvalue weighted by Crippen LogP contribution is -2.16. The van der Waals surface area contributed by atoms with Gasteiger partial charge in [0, 0.05) is 18.2 Å². The number of anilines is 1. The molecule has 7 nitrogen and oxygen atoms in total. The van der Waals surface area contributed by atoms with Crippen molar-refractivity contribution >= 4 is 17.6 Å². The van der Waals surface area contributed by atoms with Crippen LogP contribution in [0.3, 0.4) is 0 Å². The van der Waals surface area contributed by atoms with Gasteiger partial charge in [-0.25, -0.2) is 4.98 Å². The Bertz CT molecular complexity index is 867. The molecule has 0 saturated carbocycles. The molecule has 2 N–H and O–H groups in total. The maximum Gasteiger partial charge on any atom is 0.274 e. The highest BCUT2D eigenvalue weighted by Gasteiger charge is 2.09. The molecule has 0 aliphatic rings. The van der Waals surface area contributed by atoms with Crippen LogP contribution in [0.2, 0.25) is 0 Å². The second-order valence-electron chi connectivity index (χ2n) is 4.98. The minimum Gasteiger partial charge on any atom is -0.295 e. The molecule has 0 aliphatic heterocycles. The van der Waals surface area contributed by atoms with Gasteiger partial charge in [-0.05, 0) is 18.9 Å². The van der Waals surface area contributed by atoms with Crippen LogP contribution in [0.4, 0.5) is 5.95 Å². The zero-order valence-corrected chi connectivity index (χ0v) is 12.0. The summed E-state index contributed by atoms with van der Waals surface area (Å²) in [6, 6.07) is 11.2. The number of carbonyl (C=O) groups excluding carboxylic acids is 1. The van der Waals surface area contributed by atoms with Gasteiger partial charge in [-0.3, -0.25) is 20.0 Å². The summed E-state index contributed by atoms with van der Waals surface area (Å²) in [6.45, 7) is 1.72. The molecule has 2 heterocycles. The van der Waals surface area contributed by atoms with Crippen LogP contribution >= 0.6 is 0 Å². The molecule has 0 saturated heterocycles. The summed E-state index contributed by atoms with van der Waals surface area (Å²) in [6.07, 6.45) is 0.979. The third-order valence-corrected chi connectivity index (χ3v) is 3.20. The van der Waals surface area contributed by atoms with Gasteiger partial charge in [-0.15, -0.1) is 0 Å². The zero-order chi connectivity index (χ0) is 15.5. The van der Waals surface area contributed by atoms with E-state index < -0.39 is 0 Å². The average molecular weight is 297 g/mol. The molecule has 3 rings (SSSR count). The molecule has 22 heavy (non-hydrogen) atoms. The van der Waals surface area contributed by atoms with Crippen LogP contribution in [0.15, 0.2) is 41.2 Å². The zero-order valence-electron chi connectivity index (χ0n) is 12.0. The number of hydrogen-bond acceptors (Lipinski definition) is 4. The summed E-state index contributed by atoms with van der Waals surface area (Å²) in [5, 5.41) is 5.36. The SMILES string of the molecule is Cc1cc(=O)n2[nH]c(NC(=O)CCc3ccccc3)nc2n1. The van der Waals surface area contributed by atoms with Gasteiger partial charge in [0.15, 0.2) is 0 Å². The number of hydrogen-bond donors (Lipinski definition) is 2. The fraction of sp³-hybridized carbons (Fsp3) is 0.200. The molecule has 2 aromatic heterocycles. The van der Waals surface area contributed by atoms with Crippen LogP contribution in [0.1, 0.15) is 17.7 Å². The van der Waals surface area contributed by atoms with Crippen molar-refractivity contribution in [3.63, 3.8) is 0 Å². The summed E-state index contributed by atoms with van der Waals surface area (Å²) < 4.78 is 1.19. The smallest absolute Gasteiger partial charge is 0.274 e. The highest BCUT2D eigenvalue weighted by atomic mass is 16.2. The Balaban J connectivity index is 1.69. The molecule has 0 radical (unpaired) electrons. The first-order valence-electron chi connectivity index (χ1n) is 6.92. The molecule has 1 amide bonds. The molecular formula is C15H15N5O2. The van der Waals surface area contributed by atoms with Crippen LogP contribution in [0.5, 0.6) is 0 Å². The lowest BCUT2D eigenvalue weighted by molar-refractivity contribution is -0.116. The van der Waals surface area contributed by atoms with E-state index in [0.29, 0.717) is 18.5 Å². The van der Waals surface area contributed by atoms with Crippen molar-refractivity contribution in [1.29, 1.82) is 0 Å². The maximum atomic E-state index is 11.9. The van der Waals surface area contributed by atoms with E-state index in [9.17, 15) is 9.59 Å². The average Bonchev–Trinajstić information content (AvgIpc) is 2.89. The Morgan fingerprint density at radius 3 is 2.82 bits per heavy atom. The van der Waals surface area contributed by atoms with E-state index in [2.05, 4.69) is 20.4 Å². The van der Waals surface area contributed by atoms with Gasteiger partial charge in [0.25, 0.3) is 11.3 Å². The van der Waals surface area contributed by atoms with Crippen LogP contribution in [-0.2, 0) is 11.2 Å². The van der Waals surface area contributed by atoms with Gasteiger partial charge in [0.05, 0.1) is 0 Å². The van der Waals surface area contributed by atoms with E-state index in [4.69, 9.17) is 0 Å². The fourth-order valence-corrected chi connectivity index (χ4v) is 2.15. The molecule has 0 aliphatic carbocycles. The van der Waals surface area contributed by atoms with Crippen molar-refractivity contribution in [3.8, 4) is 0 Å². The Morgan fingerprint density at radius 2 is 2.05 bits per heavy atom. The van der Waals surface area contributed by atoms with E-state index in [1.165, 1.54) is 10.6 Å². The van der Waals surface area contributed by atoms with Crippen molar-refractivity contribution in [2.75, 3.05) is 5.32 Å². The first kappa shape index (κ1) is 14.0. The third kappa shape index (κ3) is 3.03. The Kier molecular flexibility index (Phi) is 3.69. The molecular weight excluding hydrogens is 282 g/mol. The van der Waals surface area contributed by atoms with E-state index in [1.807, 2.05) is 30.3 Å². The van der Waals surface area contributed by atoms with Gasteiger partial charge < -0.3 is 0 Å². The monoisotopic (exact) mass is 297 g/mol. The predicted molar refractivity (Wildman–Crippen MR) is 81.7 cm³/mol. The normalized spacial score (nSPS) is 10.8. The van der Waals surface area contributed by atoms with Crippen molar-refractivity contribution in [1.82, 2.24) is 19.6 Å². The van der Waals surface area contributed by atoms with Gasteiger partial charge in [0.1, 0.15) is 0 Å². The quantitative estimate of drug-likeness (QED) is 0.759. The standard InChI is InChI=1S/C15H15N5O2/c1-10-9-13(22)20-15(16-10)18-14(19-20)17-12(21)8-7-11-5-3-2-4-6-11/h2-6,9H,7-8H2,1H3,(H2,16,17,18,19,21). The van der Waals surface area contributed by atoms with E-state index >= 15 is 0 Å². The number of amides is 1. The van der Waals surface area contributed by atoms with Crippen molar-refractivity contribution < 1.29 is 4.79 Å². The van der Waals surface area contributed by atoms with Gasteiger partial charge >= 0.3 is 0 Å². The summed E-state index contributed by atoms with van der Waals surface area (Å²) in [5.74, 6) is 0.282. The largest absolute Gasteiger partial charge is 0.295 e. The maximum absolute atomic E-state index is 11.9. The molecule has 0 fully saturated rings. The number of H-pyrrole nitrogens is 1. The number of carbonyl (C=O) groups is 1. The topological polar surface area (TPSA) is 92.2 Å². The minimum absolute atomic E-state index is 0.173. The van der Waals surface area contributed by atoms with Gasteiger partial charge in [0.2, 0.25) is 11.9 Å². The lowest BCUT2D eigenvalue weighted by Gasteiger charge is -2.01. The number of fused-ring (bicyclic) bond motifs is 1. The van der Waals surface area contributed by atoms with Crippen LogP contribution in [0.25, 0.3) is 5.78 Å². The molecule has 1 aromatic carbocycles. The third-order valence-electron chi connectivity index (χ3n) is 3.20. The lowest BCUT2D eigenvalue weighted by atomic mass is 10.1. The van der Waals surface area contributed by atoms with Gasteiger partial charge in [-0.2, -0.15) is 9.50 Å². The Morgan fingerprint density at radius 1 is 1.27 bits per heavy atom. The second-order valence-corrected chi connectivity index (χ2v) is 4.98. The predicted octanol–water partition coefficient (Wildman–Crippen LogP) is 1.30. The van der Waals surface area contributed by atoms with Crippen molar-refractivity contribution in [2.24, 2.45) is 0 Å². The molecule has 3 aromatic rings. The summed E-state index contributed by atoms with van der Waals surface area (Å²) in [5.41, 5.74) is 1.41. The number of aromatic amines is 1. The van der Waals surface area contributed by atoms with Crippen molar-refractivity contribution in [2.45, 2.75) is 19.8 Å². The van der Waals surface area contributed by atoms with Crippen molar-refractivity contribution in [3.05, 3.63) is 58.0 Å². The van der Waals surface area contributed by atoms with E-state index in [1.54, 1.807) is 6.92 Å². The van der Waals surface area contributed by atoms with Crippen LogP contribution in [0, 0.1) is 6.92 Å². The summed E-state index contributed by atoms with van der Waals surface area (Å²) >= 11 is 0. The van der Waals surface area contributed by atoms with E-state index in [0.717, 1.165) is 5.56 Å². The molecule has 112 valence electrons. The van der Waals surface area contributed by atoms with Crippen LogP contribution in [-0.4, -0.2) is 25.5 Å². The van der Waals surface area contributed by atoms with E-state index in [-0.39, 0.29) is 23.2 Å². The van der Waals surface area contributed by atoms with Gasteiger partial charge in [-0.1, -0.05) is 30.3 Å². The Labute approximate surface area is 126 Å². The molecule has 0 spiro atoms. The molecule has 0 bridgehead atoms. The Hall–Kier alpha value is -2.96. The number of rotatable bonds is 4. The number of benzene rings is 1. The first-order valence-corrected chi connectivity index (χ1v) is 6.92. The molecule has 0 atom stereocenters. The highest BCUT2D eigenvalue weighted by Crippen LogP contribution is 2.05. The molecule has 7 heteroatoms. The number of nitrogens with zero attached hydrogens (tertiary/aromatic N) is 3. The number of aromatic nitrogens is 4. The number of aryl methyl sites for hydroxylation is 2. The fourth-order valence-electron chi connectivity index (χ4n) is 2.15. The minimum atomic E-state index is -0.264. The number of nitrogens with one attached hydrogen (secondary N) is 2. The van der Waals surface area contributed by atoms with Crippen LogP contribution < -0.4 is 10.9 Å². The second kappa shape index (κ2) is 5.80. The summed E-state index contributed by atoms with van der Waals surface area (Å²) in [4.78, 5) is 31.9. The summed E-state index contributed by atoms with van der Waals surface area (Å²) in [7, 11) is 0. The first-order chi connectivity index (χ1) is 10.6. The molecule has 0 unspecified atom stereocenters. The highest BCUT2D eigenvalue weighted by molar-refractivity contribution is 5.89.